The zero-order valence-electron chi connectivity index (χ0n) is 12.5. The molecule has 0 bridgehead atoms. The van der Waals surface area contributed by atoms with E-state index in [4.69, 9.17) is 0 Å². The van der Waals surface area contributed by atoms with Crippen LogP contribution in [0.15, 0.2) is 48.5 Å². The zero-order chi connectivity index (χ0) is 16.2. The molecule has 2 aromatic carbocycles. The van der Waals surface area contributed by atoms with Gasteiger partial charge < -0.3 is 15.1 Å². The van der Waals surface area contributed by atoms with Crippen LogP contribution in [0.4, 0.5) is 20.6 Å². The Bertz CT molecular complexity index is 684. The Kier molecular flexibility index (Phi) is 5.00. The molecule has 0 aromatic heterocycles. The molecule has 1 aliphatic heterocycles. The van der Waals surface area contributed by atoms with Crippen LogP contribution < -0.4 is 10.2 Å². The Morgan fingerprint density at radius 2 is 1.65 bits per heavy atom. The van der Waals surface area contributed by atoms with E-state index in [-0.39, 0.29) is 11.8 Å². The lowest BCUT2D eigenvalue weighted by Gasteiger charge is -2.36. The number of piperazine rings is 1. The van der Waals surface area contributed by atoms with Crippen molar-refractivity contribution in [2.75, 3.05) is 36.4 Å². The second-order valence-corrected chi connectivity index (χ2v) is 6.52. The van der Waals surface area contributed by atoms with Crippen LogP contribution in [0, 0.1) is 9.39 Å². The molecule has 4 nitrogen and oxygen atoms in total. The molecule has 6 heteroatoms. The molecule has 120 valence electrons. The predicted molar refractivity (Wildman–Crippen MR) is 98.4 cm³/mol. The van der Waals surface area contributed by atoms with E-state index in [0.717, 1.165) is 28.0 Å². The van der Waals surface area contributed by atoms with E-state index in [2.05, 4.69) is 32.8 Å². The van der Waals surface area contributed by atoms with Gasteiger partial charge in [-0.1, -0.05) is 12.1 Å². The molecule has 23 heavy (non-hydrogen) atoms. The molecule has 3 rings (SSSR count). The highest BCUT2D eigenvalue weighted by Crippen LogP contribution is 2.19. The summed E-state index contributed by atoms with van der Waals surface area (Å²) in [6.45, 7) is 2.77. The Labute approximate surface area is 148 Å². The fraction of sp³-hybridized carbons (Fsp3) is 0.235. The van der Waals surface area contributed by atoms with Crippen LogP contribution in [0.5, 0.6) is 0 Å². The van der Waals surface area contributed by atoms with Crippen molar-refractivity contribution in [3.05, 3.63) is 57.9 Å². The van der Waals surface area contributed by atoms with Crippen molar-refractivity contribution < 1.29 is 9.18 Å². The second-order valence-electron chi connectivity index (χ2n) is 5.36. The zero-order valence-corrected chi connectivity index (χ0v) is 14.7. The molecule has 0 saturated carbocycles. The van der Waals surface area contributed by atoms with Crippen molar-refractivity contribution >= 4 is 40.0 Å². The van der Waals surface area contributed by atoms with Crippen LogP contribution in [0.2, 0.25) is 0 Å². The summed E-state index contributed by atoms with van der Waals surface area (Å²) in [5.74, 6) is -0.232. The van der Waals surface area contributed by atoms with Crippen LogP contribution >= 0.6 is 22.6 Å². The summed E-state index contributed by atoms with van der Waals surface area (Å²) in [7, 11) is 0. The van der Waals surface area contributed by atoms with E-state index >= 15 is 0 Å². The van der Waals surface area contributed by atoms with Crippen LogP contribution in [0.3, 0.4) is 0 Å². The molecule has 1 aliphatic rings. The molecule has 1 N–H and O–H groups in total. The molecule has 0 spiro atoms. The first kappa shape index (κ1) is 16.0. The van der Waals surface area contributed by atoms with Gasteiger partial charge in [-0.2, -0.15) is 0 Å². The van der Waals surface area contributed by atoms with Gasteiger partial charge in [0.25, 0.3) is 0 Å². The normalized spacial score (nSPS) is 14.7. The van der Waals surface area contributed by atoms with E-state index in [9.17, 15) is 9.18 Å². The monoisotopic (exact) mass is 425 g/mol. The molecule has 1 saturated heterocycles. The minimum atomic E-state index is -0.232. The van der Waals surface area contributed by atoms with Crippen LogP contribution in [-0.2, 0) is 0 Å². The SMILES string of the molecule is O=C(Nc1ccccc1I)N1CCN(c2ccc(F)cc2)CC1. The minimum Gasteiger partial charge on any atom is -0.368 e. The van der Waals surface area contributed by atoms with Gasteiger partial charge in [0.05, 0.1) is 5.69 Å². The van der Waals surface area contributed by atoms with Crippen molar-refractivity contribution in [1.82, 2.24) is 4.90 Å². The predicted octanol–water partition coefficient (Wildman–Crippen LogP) is 3.78. The minimum absolute atomic E-state index is 0.0760. The molecule has 0 aliphatic carbocycles. The largest absolute Gasteiger partial charge is 0.368 e. The van der Waals surface area contributed by atoms with E-state index in [1.165, 1.54) is 12.1 Å². The van der Waals surface area contributed by atoms with Crippen LogP contribution in [-0.4, -0.2) is 37.1 Å². The third kappa shape index (κ3) is 3.93. The quantitative estimate of drug-likeness (QED) is 0.744. The highest BCUT2D eigenvalue weighted by molar-refractivity contribution is 14.1. The Morgan fingerprint density at radius 1 is 1.00 bits per heavy atom. The molecule has 0 radical (unpaired) electrons. The summed E-state index contributed by atoms with van der Waals surface area (Å²) in [6.07, 6.45) is 0. The molecule has 2 aromatic rings. The Morgan fingerprint density at radius 3 is 2.30 bits per heavy atom. The van der Waals surface area contributed by atoms with E-state index in [0.29, 0.717) is 13.1 Å². The molecule has 0 unspecified atom stereocenters. The third-order valence-corrected chi connectivity index (χ3v) is 4.81. The van der Waals surface area contributed by atoms with E-state index in [1.54, 1.807) is 12.1 Å². The highest BCUT2D eigenvalue weighted by atomic mass is 127. The van der Waals surface area contributed by atoms with Crippen molar-refractivity contribution in [3.8, 4) is 0 Å². The molecule has 1 heterocycles. The lowest BCUT2D eigenvalue weighted by molar-refractivity contribution is 0.208. The number of carbonyl (C=O) groups is 1. The maximum absolute atomic E-state index is 13.0. The molecular formula is C17H17FIN3O. The molecule has 2 amide bonds. The fourth-order valence-corrected chi connectivity index (χ4v) is 3.10. The number of rotatable bonds is 2. The van der Waals surface area contributed by atoms with Crippen molar-refractivity contribution in [1.29, 1.82) is 0 Å². The summed E-state index contributed by atoms with van der Waals surface area (Å²) in [5, 5.41) is 2.95. The molecule has 1 fully saturated rings. The van der Waals surface area contributed by atoms with Gasteiger partial charge in [0.15, 0.2) is 0 Å². The number of nitrogens with one attached hydrogen (secondary N) is 1. The number of carbonyl (C=O) groups excluding carboxylic acids is 1. The topological polar surface area (TPSA) is 35.6 Å². The van der Waals surface area contributed by atoms with Gasteiger partial charge in [0.2, 0.25) is 0 Å². The first-order valence-electron chi connectivity index (χ1n) is 7.44. The average molecular weight is 425 g/mol. The first-order valence-corrected chi connectivity index (χ1v) is 8.52. The summed E-state index contributed by atoms with van der Waals surface area (Å²) in [4.78, 5) is 16.3. The Hall–Kier alpha value is -1.83. The number of amides is 2. The average Bonchev–Trinajstić information content (AvgIpc) is 2.58. The number of hydrogen-bond acceptors (Lipinski definition) is 2. The van der Waals surface area contributed by atoms with E-state index < -0.39 is 0 Å². The molecular weight excluding hydrogens is 408 g/mol. The standard InChI is InChI=1S/C17H17FIN3O/c18-13-5-7-14(8-6-13)21-9-11-22(12-10-21)17(23)20-16-4-2-1-3-15(16)19/h1-8H,9-12H2,(H,20,23). The first-order chi connectivity index (χ1) is 11.1. The van der Waals surface area contributed by atoms with Gasteiger partial charge in [-0.15, -0.1) is 0 Å². The van der Waals surface area contributed by atoms with Crippen molar-refractivity contribution in [3.63, 3.8) is 0 Å². The number of urea groups is 1. The van der Waals surface area contributed by atoms with Gasteiger partial charge >= 0.3 is 6.03 Å². The van der Waals surface area contributed by atoms with Crippen molar-refractivity contribution in [2.45, 2.75) is 0 Å². The van der Waals surface area contributed by atoms with Crippen molar-refractivity contribution in [2.24, 2.45) is 0 Å². The number of para-hydroxylation sites is 1. The van der Waals surface area contributed by atoms with Gasteiger partial charge in [0, 0.05) is 35.4 Å². The smallest absolute Gasteiger partial charge is 0.321 e. The number of benzene rings is 2. The summed E-state index contributed by atoms with van der Waals surface area (Å²) >= 11 is 2.21. The van der Waals surface area contributed by atoms with Gasteiger partial charge in [-0.25, -0.2) is 9.18 Å². The molecule has 0 atom stereocenters. The highest BCUT2D eigenvalue weighted by Gasteiger charge is 2.21. The van der Waals surface area contributed by atoms with Gasteiger partial charge in [-0.05, 0) is 59.0 Å². The number of halogens is 2. The maximum atomic E-state index is 13.0. The van der Waals surface area contributed by atoms with Gasteiger partial charge in [-0.3, -0.25) is 0 Å². The number of nitrogens with zero attached hydrogens (tertiary/aromatic N) is 2. The van der Waals surface area contributed by atoms with Crippen LogP contribution in [0.1, 0.15) is 0 Å². The Balaban J connectivity index is 1.57. The van der Waals surface area contributed by atoms with E-state index in [1.807, 2.05) is 29.2 Å². The van der Waals surface area contributed by atoms with Gasteiger partial charge in [0.1, 0.15) is 5.82 Å². The fourth-order valence-electron chi connectivity index (χ4n) is 2.58. The second kappa shape index (κ2) is 7.16. The summed E-state index contributed by atoms with van der Waals surface area (Å²) in [6, 6.07) is 14.1. The summed E-state index contributed by atoms with van der Waals surface area (Å²) in [5.41, 5.74) is 1.82. The lowest BCUT2D eigenvalue weighted by Crippen LogP contribution is -2.50. The lowest BCUT2D eigenvalue weighted by atomic mass is 10.2. The van der Waals surface area contributed by atoms with Crippen LogP contribution in [0.25, 0.3) is 0 Å². The third-order valence-electron chi connectivity index (χ3n) is 3.87. The number of hydrogen-bond donors (Lipinski definition) is 1. The maximum Gasteiger partial charge on any atom is 0.321 e. The number of anilines is 2. The summed E-state index contributed by atoms with van der Waals surface area (Å²) < 4.78 is 14.0.